The van der Waals surface area contributed by atoms with E-state index in [1.807, 2.05) is 0 Å². The van der Waals surface area contributed by atoms with Crippen molar-refractivity contribution in [2.45, 2.75) is 12.8 Å². The first-order valence-electron chi connectivity index (χ1n) is 4.47. The van der Waals surface area contributed by atoms with Crippen molar-refractivity contribution in [3.05, 3.63) is 25.3 Å². The highest BCUT2D eigenvalue weighted by molar-refractivity contribution is 6.00. The monoisotopic (exact) mass is 214 g/mol. The first-order valence-corrected chi connectivity index (χ1v) is 4.47. The summed E-state index contributed by atoms with van der Waals surface area (Å²) in [6.07, 6.45) is 3.30. The smallest absolute Gasteiger partial charge is 0.323 e. The molecule has 0 aliphatic carbocycles. The van der Waals surface area contributed by atoms with Crippen LogP contribution in [0.1, 0.15) is 12.8 Å². The van der Waals surface area contributed by atoms with Gasteiger partial charge in [-0.2, -0.15) is 0 Å². The van der Waals surface area contributed by atoms with Crippen molar-refractivity contribution >= 4 is 11.9 Å². The Balaban J connectivity index is 5.22. The van der Waals surface area contributed by atoms with Crippen LogP contribution in [0.5, 0.6) is 0 Å². The lowest BCUT2D eigenvalue weighted by Gasteiger charge is -2.25. The predicted octanol–water partition coefficient (Wildman–Crippen LogP) is 1.47. The van der Waals surface area contributed by atoms with Crippen LogP contribution < -0.4 is 0 Å². The fourth-order valence-electron chi connectivity index (χ4n) is 1.38. The van der Waals surface area contributed by atoms with E-state index in [0.717, 1.165) is 0 Å². The second kappa shape index (κ2) is 6.01. The van der Waals surface area contributed by atoms with E-state index in [4.69, 9.17) is 0 Å². The van der Waals surface area contributed by atoms with Crippen molar-refractivity contribution in [1.82, 2.24) is 0 Å². The Morgan fingerprint density at radius 1 is 1.07 bits per heavy atom. The summed E-state index contributed by atoms with van der Waals surface area (Å²) in [5, 5.41) is 0. The van der Waals surface area contributed by atoms with E-state index in [0.29, 0.717) is 0 Å². The summed E-state index contributed by atoms with van der Waals surface area (Å²) in [4.78, 5) is 23.2. The zero-order valence-electron chi connectivity index (χ0n) is 9.12. The first-order chi connectivity index (χ1) is 7.08. The molecule has 0 bridgehead atoms. The van der Waals surface area contributed by atoms with Gasteiger partial charge >= 0.3 is 11.9 Å². The van der Waals surface area contributed by atoms with E-state index >= 15 is 0 Å². The summed E-state index contributed by atoms with van der Waals surface area (Å²) in [6.45, 7) is 7.02. The molecule has 15 heavy (non-hydrogen) atoms. The van der Waals surface area contributed by atoms with E-state index in [1.54, 1.807) is 0 Å². The van der Waals surface area contributed by atoms with Gasteiger partial charge in [0.25, 0.3) is 0 Å². The largest absolute Gasteiger partial charge is 0.468 e. The molecule has 0 radical (unpaired) electrons. The maximum Gasteiger partial charge on any atom is 0.323 e. The van der Waals surface area contributed by atoms with E-state index < -0.39 is 17.4 Å². The van der Waals surface area contributed by atoms with Crippen LogP contribution in [-0.2, 0) is 19.1 Å². The lowest BCUT2D eigenvalue weighted by atomic mass is 10.0. The van der Waals surface area contributed by atoms with Crippen LogP contribution in [0.2, 0.25) is 0 Å². The molecule has 84 valence electrons. The lowest BCUT2D eigenvalue weighted by molar-refractivity contribution is -0.168. The maximum atomic E-state index is 11.6. The lowest BCUT2D eigenvalue weighted by Crippen LogP contribution is -2.40. The van der Waals surface area contributed by atoms with Crippen LogP contribution >= 0.6 is 0 Å². The third kappa shape index (κ3) is 2.68. The van der Waals surface area contributed by atoms with Gasteiger partial charge in [0.05, 0.1) is 14.2 Å². The third-order valence-corrected chi connectivity index (χ3v) is 2.14. The minimum Gasteiger partial charge on any atom is -0.468 e. The van der Waals surface area contributed by atoms with Crippen LogP contribution in [0.25, 0.3) is 0 Å². The van der Waals surface area contributed by atoms with Gasteiger partial charge in [-0.1, -0.05) is 12.2 Å². The molecule has 0 heterocycles. The molecule has 0 aromatic carbocycles. The van der Waals surface area contributed by atoms with Crippen molar-refractivity contribution in [3.63, 3.8) is 0 Å². The SMILES string of the molecule is C=C[13CH2]C([13CH2]C=C)(C(=O)OC)C(=O)OC. The maximum absolute atomic E-state index is 11.6. The molecule has 0 aromatic rings. The molecule has 0 aliphatic heterocycles. The van der Waals surface area contributed by atoms with Crippen molar-refractivity contribution in [2.24, 2.45) is 5.41 Å². The molecular formula is C11H16O4. The Bertz CT molecular complexity index is 240. The number of carbonyl (C=O) groups is 2. The number of carbonyl (C=O) groups excluding carboxylic acids is 2. The zero-order chi connectivity index (χ0) is 11.9. The molecule has 0 aromatic heterocycles. The molecule has 0 saturated carbocycles. The topological polar surface area (TPSA) is 52.6 Å². The molecule has 0 fully saturated rings. The summed E-state index contributed by atoms with van der Waals surface area (Å²) in [6, 6.07) is 0. The van der Waals surface area contributed by atoms with Gasteiger partial charge in [0, 0.05) is 0 Å². The molecule has 0 aliphatic rings. The number of hydrogen-bond donors (Lipinski definition) is 0. The fraction of sp³-hybridized carbons (Fsp3) is 0.455. The van der Waals surface area contributed by atoms with Gasteiger partial charge in [-0.25, -0.2) is 0 Å². The number of rotatable bonds is 6. The van der Waals surface area contributed by atoms with Crippen LogP contribution in [0.4, 0.5) is 0 Å². The van der Waals surface area contributed by atoms with Crippen LogP contribution in [0, 0.1) is 5.41 Å². The minimum atomic E-state index is -1.34. The quantitative estimate of drug-likeness (QED) is 0.291. The Kier molecular flexibility index (Phi) is 5.37. The van der Waals surface area contributed by atoms with Gasteiger partial charge in [-0.3, -0.25) is 9.59 Å². The van der Waals surface area contributed by atoms with Crippen molar-refractivity contribution in [2.75, 3.05) is 14.2 Å². The van der Waals surface area contributed by atoms with Crippen LogP contribution in [0.3, 0.4) is 0 Å². The van der Waals surface area contributed by atoms with Gasteiger partial charge in [0.2, 0.25) is 0 Å². The second-order valence-corrected chi connectivity index (χ2v) is 3.05. The van der Waals surface area contributed by atoms with Gasteiger partial charge in [-0.15, -0.1) is 13.2 Å². The Morgan fingerprint density at radius 3 is 1.60 bits per heavy atom. The standard InChI is InChI=1S/C11H16O4/c1-5-7-11(8-6-2,9(12)14-3)10(13)15-4/h5-6H,1-2,7-8H2,3-4H3/i7+1,8+1. The molecule has 0 rings (SSSR count). The number of allylic oxidation sites excluding steroid dienone is 2. The molecule has 0 N–H and O–H groups in total. The predicted molar refractivity (Wildman–Crippen MR) is 56.1 cm³/mol. The molecule has 4 heteroatoms. The molecule has 0 saturated heterocycles. The van der Waals surface area contributed by atoms with Crippen LogP contribution in [0.15, 0.2) is 25.3 Å². The number of methoxy groups -OCH3 is 2. The second-order valence-electron chi connectivity index (χ2n) is 3.05. The van der Waals surface area contributed by atoms with E-state index in [-0.39, 0.29) is 12.8 Å². The number of esters is 2. The van der Waals surface area contributed by atoms with Gasteiger partial charge in [-0.05, 0) is 12.8 Å². The van der Waals surface area contributed by atoms with Crippen LogP contribution in [-0.4, -0.2) is 26.2 Å². The Morgan fingerprint density at radius 2 is 1.40 bits per heavy atom. The average molecular weight is 214 g/mol. The molecule has 0 amide bonds. The van der Waals surface area contributed by atoms with Crippen molar-refractivity contribution < 1.29 is 19.1 Å². The molecule has 0 spiro atoms. The zero-order valence-corrected chi connectivity index (χ0v) is 9.12. The third-order valence-electron chi connectivity index (χ3n) is 2.14. The first kappa shape index (κ1) is 13.4. The number of ether oxygens (including phenoxy) is 2. The minimum absolute atomic E-state index is 0.165. The molecule has 4 nitrogen and oxygen atoms in total. The van der Waals surface area contributed by atoms with Crippen molar-refractivity contribution in [1.29, 1.82) is 0 Å². The number of hydrogen-bond acceptors (Lipinski definition) is 4. The highest BCUT2D eigenvalue weighted by Gasteiger charge is 2.46. The van der Waals surface area contributed by atoms with Gasteiger partial charge in [0.15, 0.2) is 5.41 Å². The molecule has 0 atom stereocenters. The fourth-order valence-corrected chi connectivity index (χ4v) is 1.38. The highest BCUT2D eigenvalue weighted by Crippen LogP contribution is 2.31. The molecular weight excluding hydrogens is 198 g/mol. The normalized spacial score (nSPS) is 10.3. The Hall–Kier alpha value is -1.58. The summed E-state index contributed by atoms with van der Waals surface area (Å²) in [5.74, 6) is -1.26. The van der Waals surface area contributed by atoms with Gasteiger partial charge in [0.1, 0.15) is 0 Å². The van der Waals surface area contributed by atoms with Gasteiger partial charge < -0.3 is 9.47 Å². The summed E-state index contributed by atoms with van der Waals surface area (Å²) >= 11 is 0. The van der Waals surface area contributed by atoms with E-state index in [9.17, 15) is 9.59 Å². The Labute approximate surface area is 89.6 Å². The van der Waals surface area contributed by atoms with E-state index in [1.165, 1.54) is 26.4 Å². The summed E-state index contributed by atoms with van der Waals surface area (Å²) < 4.78 is 9.22. The summed E-state index contributed by atoms with van der Waals surface area (Å²) in [7, 11) is 2.46. The average Bonchev–Trinajstić information content (AvgIpc) is 2.26. The highest BCUT2D eigenvalue weighted by atomic mass is 16.5. The summed E-state index contributed by atoms with van der Waals surface area (Å²) in [5.41, 5.74) is -1.34. The van der Waals surface area contributed by atoms with E-state index in [2.05, 4.69) is 22.6 Å². The molecule has 0 unspecified atom stereocenters. The van der Waals surface area contributed by atoms with Crippen molar-refractivity contribution in [3.8, 4) is 0 Å².